The van der Waals surface area contributed by atoms with Crippen LogP contribution in [-0.2, 0) is 4.79 Å². The Balaban J connectivity index is 0. The van der Waals surface area contributed by atoms with Crippen LogP contribution < -0.4 is 5.11 Å². The highest BCUT2D eigenvalue weighted by atomic mass is 19.4. The molecule has 0 N–H and O–H groups in total. The summed E-state index contributed by atoms with van der Waals surface area (Å²) in [7, 11) is 6.65. The van der Waals surface area contributed by atoms with Gasteiger partial charge in [-0.15, -0.1) is 4.39 Å². The number of carboxylic acid groups (broad SMARTS) is 1. The first kappa shape index (κ1) is 16.1. The number of hydrogen-bond donors (Lipinski definition) is 0. The van der Waals surface area contributed by atoms with Crippen LogP contribution in [0.1, 0.15) is 0 Å². The number of halogens is 4. The molecule has 0 fully saturated rings. The average molecular weight is 232 g/mol. The smallest absolute Gasteiger partial charge is 0.435 e. The summed E-state index contributed by atoms with van der Waals surface area (Å²) in [5.41, 5.74) is 0. The molecular formula is C7H12F4N2O2. The van der Waals surface area contributed by atoms with E-state index in [0.717, 1.165) is 0 Å². The van der Waals surface area contributed by atoms with Crippen LogP contribution in [0.25, 0.3) is 0 Å². The Morgan fingerprint density at radius 3 is 1.53 bits per heavy atom. The molecule has 0 radical (unpaired) electrons. The van der Waals surface area contributed by atoms with Crippen molar-refractivity contribution in [2.75, 3.05) is 28.2 Å². The number of carbonyl (C=O) groups excluding carboxylic acids is 1. The molecule has 0 heterocycles. The molecule has 0 saturated heterocycles. The van der Waals surface area contributed by atoms with E-state index in [2.05, 4.69) is 0 Å². The van der Waals surface area contributed by atoms with Gasteiger partial charge in [-0.2, -0.15) is 13.2 Å². The van der Waals surface area contributed by atoms with Crippen LogP contribution in [0, 0.1) is 0 Å². The average Bonchev–Trinajstić information content (AvgIpc) is 2.01. The van der Waals surface area contributed by atoms with Gasteiger partial charge in [0.05, 0.1) is 28.2 Å². The first-order chi connectivity index (χ1) is 6.50. The van der Waals surface area contributed by atoms with Gasteiger partial charge in [0.2, 0.25) is 0 Å². The molecule has 0 bridgehead atoms. The topological polar surface area (TPSA) is 46.4 Å². The molecule has 0 spiro atoms. The molecule has 0 aliphatic rings. The highest BCUT2D eigenvalue weighted by Crippen LogP contribution is 2.11. The van der Waals surface area contributed by atoms with Crippen LogP contribution in [-0.4, -0.2) is 55.9 Å². The van der Waals surface area contributed by atoms with Gasteiger partial charge in [-0.1, -0.05) is 0 Å². The summed E-state index contributed by atoms with van der Waals surface area (Å²) in [6, 6.07) is 0. The Hall–Kier alpha value is -1.34. The van der Waals surface area contributed by atoms with Gasteiger partial charge in [0, 0.05) is 0 Å². The molecule has 15 heavy (non-hydrogen) atoms. The number of carboxylic acids is 1. The van der Waals surface area contributed by atoms with E-state index >= 15 is 0 Å². The molecule has 8 heteroatoms. The van der Waals surface area contributed by atoms with Gasteiger partial charge in [-0.05, 0) is 0 Å². The van der Waals surface area contributed by atoms with E-state index in [4.69, 9.17) is 9.90 Å². The van der Waals surface area contributed by atoms with Crippen LogP contribution in [0.4, 0.5) is 17.6 Å². The molecule has 0 atom stereocenters. The summed E-state index contributed by atoms with van der Waals surface area (Å²) < 4.78 is 45.4. The van der Waals surface area contributed by atoms with E-state index in [9.17, 15) is 17.6 Å². The number of amidine groups is 1. The first-order valence-corrected chi connectivity index (χ1v) is 3.65. The Morgan fingerprint density at radius 1 is 1.27 bits per heavy atom. The second-order valence-electron chi connectivity index (χ2n) is 2.84. The standard InChI is InChI=1S/C5H12FN2.C2HF3O2/c1-7(2)5(6)8(3)4;3-2(4,5)1(6)7/h1-4H3;(H,6,7)/q+1;/p-1. The van der Waals surface area contributed by atoms with Crippen molar-refractivity contribution in [2.45, 2.75) is 6.18 Å². The Kier molecular flexibility index (Phi) is 6.66. The molecule has 0 aromatic heterocycles. The normalized spacial score (nSPS) is 9.87. The fraction of sp³-hybridized carbons (Fsp3) is 0.714. The molecule has 0 aromatic rings. The first-order valence-electron chi connectivity index (χ1n) is 3.65. The predicted octanol–water partition coefficient (Wildman–Crippen LogP) is -0.556. The summed E-state index contributed by atoms with van der Waals surface area (Å²) >= 11 is 0. The van der Waals surface area contributed by atoms with Crippen LogP contribution in [0.15, 0.2) is 0 Å². The fourth-order valence-electron chi connectivity index (χ4n) is 0.400. The Labute approximate surface area is 84.4 Å². The van der Waals surface area contributed by atoms with Crippen molar-refractivity contribution >= 4 is 12.1 Å². The van der Waals surface area contributed by atoms with E-state index in [1.54, 1.807) is 28.2 Å². The molecule has 0 aliphatic carbocycles. The Bertz CT molecular complexity index is 244. The van der Waals surface area contributed by atoms with Gasteiger partial charge >= 0.3 is 12.3 Å². The summed E-state index contributed by atoms with van der Waals surface area (Å²) in [4.78, 5) is 10.2. The highest BCUT2D eigenvalue weighted by Gasteiger charge is 2.28. The maximum absolute atomic E-state index is 12.4. The third-order valence-corrected chi connectivity index (χ3v) is 0.970. The molecule has 4 nitrogen and oxygen atoms in total. The monoisotopic (exact) mass is 232 g/mol. The molecule has 0 amide bonds. The van der Waals surface area contributed by atoms with Crippen LogP contribution >= 0.6 is 0 Å². The van der Waals surface area contributed by atoms with Crippen molar-refractivity contribution in [1.29, 1.82) is 0 Å². The molecule has 0 rings (SSSR count). The number of nitrogens with zero attached hydrogens (tertiary/aromatic N) is 2. The van der Waals surface area contributed by atoms with Gasteiger partial charge in [0.1, 0.15) is 5.97 Å². The maximum atomic E-state index is 12.4. The lowest BCUT2D eigenvalue weighted by Crippen LogP contribution is -2.37. The van der Waals surface area contributed by atoms with Crippen LogP contribution in [0.5, 0.6) is 0 Å². The zero-order valence-electron chi connectivity index (χ0n) is 8.72. The van der Waals surface area contributed by atoms with Gasteiger partial charge in [-0.3, -0.25) is 0 Å². The molecule has 0 unspecified atom stereocenters. The van der Waals surface area contributed by atoms with Gasteiger partial charge < -0.3 is 9.90 Å². The van der Waals surface area contributed by atoms with Gasteiger partial charge in [0.25, 0.3) is 0 Å². The van der Waals surface area contributed by atoms with Crippen molar-refractivity contribution in [3.8, 4) is 0 Å². The molecule has 0 aliphatic heterocycles. The van der Waals surface area contributed by atoms with Gasteiger partial charge in [-0.25, -0.2) is 9.48 Å². The Morgan fingerprint density at radius 2 is 1.53 bits per heavy atom. The van der Waals surface area contributed by atoms with Crippen molar-refractivity contribution in [3.63, 3.8) is 0 Å². The molecule has 0 saturated carbocycles. The second kappa shape index (κ2) is 6.20. The summed E-state index contributed by atoms with van der Waals surface area (Å²) in [6.07, 6.45) is -5.43. The van der Waals surface area contributed by atoms with E-state index in [0.29, 0.717) is 0 Å². The zero-order valence-corrected chi connectivity index (χ0v) is 8.72. The van der Waals surface area contributed by atoms with E-state index in [-0.39, 0.29) is 6.09 Å². The third kappa shape index (κ3) is 8.98. The second-order valence-corrected chi connectivity index (χ2v) is 2.84. The van der Waals surface area contributed by atoms with E-state index < -0.39 is 12.1 Å². The van der Waals surface area contributed by atoms with Crippen molar-refractivity contribution in [1.82, 2.24) is 4.90 Å². The zero-order chi connectivity index (χ0) is 12.8. The molecule has 90 valence electrons. The maximum Gasteiger partial charge on any atom is 0.435 e. The minimum Gasteiger partial charge on any atom is -0.542 e. The number of aliphatic carboxylic acids is 1. The summed E-state index contributed by atoms with van der Waals surface area (Å²) in [5, 5.41) is 8.78. The number of alkyl halides is 3. The minimum atomic E-state index is -5.19. The lowest BCUT2D eigenvalue weighted by molar-refractivity contribution is -0.476. The lowest BCUT2D eigenvalue weighted by atomic mass is 10.7. The summed E-state index contributed by atoms with van der Waals surface area (Å²) in [5.74, 6) is -3.01. The predicted molar refractivity (Wildman–Crippen MR) is 43.0 cm³/mol. The third-order valence-electron chi connectivity index (χ3n) is 0.970. The fourth-order valence-corrected chi connectivity index (χ4v) is 0.400. The van der Waals surface area contributed by atoms with Crippen LogP contribution in [0.3, 0.4) is 0 Å². The van der Waals surface area contributed by atoms with Crippen LogP contribution in [0.2, 0.25) is 0 Å². The summed E-state index contributed by atoms with van der Waals surface area (Å²) in [6.45, 7) is 0. The SMILES string of the molecule is CN(C)C(F)=[N+](C)C.O=C([O-])C(F)(F)F. The largest absolute Gasteiger partial charge is 0.542 e. The van der Waals surface area contributed by atoms with E-state index in [1.807, 2.05) is 0 Å². The highest BCUT2D eigenvalue weighted by molar-refractivity contribution is 5.70. The number of carbonyl (C=O) groups is 1. The van der Waals surface area contributed by atoms with Crippen molar-refractivity contribution in [2.24, 2.45) is 0 Å². The molecular weight excluding hydrogens is 220 g/mol. The number of hydrogen-bond acceptors (Lipinski definition) is 2. The molecule has 0 aromatic carbocycles. The van der Waals surface area contributed by atoms with Gasteiger partial charge in [0.15, 0.2) is 0 Å². The van der Waals surface area contributed by atoms with Crippen molar-refractivity contribution < 1.29 is 32.0 Å². The lowest BCUT2D eigenvalue weighted by Gasteiger charge is -2.03. The number of rotatable bonds is 0. The minimum absolute atomic E-state index is 0.231. The van der Waals surface area contributed by atoms with E-state index in [1.165, 1.54) is 9.48 Å². The quantitative estimate of drug-likeness (QED) is 0.185. The van der Waals surface area contributed by atoms with Crippen molar-refractivity contribution in [3.05, 3.63) is 0 Å².